The minimum absolute atomic E-state index is 0.238. The number of nitrogens with one attached hydrogen (secondary N) is 1. The number of rotatable bonds is 3. The third-order valence-corrected chi connectivity index (χ3v) is 2.93. The average Bonchev–Trinajstić information content (AvgIpc) is 2.17. The molecule has 16 heavy (non-hydrogen) atoms. The highest BCUT2D eigenvalue weighted by molar-refractivity contribution is 5.48. The van der Waals surface area contributed by atoms with Crippen LogP contribution in [0.2, 0.25) is 0 Å². The van der Waals surface area contributed by atoms with Gasteiger partial charge >= 0.3 is 0 Å². The lowest BCUT2D eigenvalue weighted by atomic mass is 9.88. The van der Waals surface area contributed by atoms with E-state index in [2.05, 4.69) is 44.1 Å². The zero-order valence-electron chi connectivity index (χ0n) is 11.2. The highest BCUT2D eigenvalue weighted by Crippen LogP contribution is 2.22. The molecule has 0 aliphatic rings. The molecule has 1 rings (SSSR count). The molecule has 1 atom stereocenters. The smallest absolute Gasteiger partial charge is 0.126 e. The lowest BCUT2D eigenvalue weighted by Crippen LogP contribution is -2.31. The Morgan fingerprint density at radius 2 is 1.88 bits per heavy atom. The average molecular weight is 221 g/mol. The molecule has 0 saturated heterocycles. The van der Waals surface area contributed by atoms with E-state index in [1.807, 2.05) is 31.3 Å². The molecule has 0 saturated carbocycles. The molecule has 0 amide bonds. The first-order chi connectivity index (χ1) is 7.30. The number of aromatic nitrogens is 1. The second kappa shape index (κ2) is 4.73. The first-order valence-electron chi connectivity index (χ1n) is 5.70. The normalized spacial score (nSPS) is 13.4. The van der Waals surface area contributed by atoms with Gasteiger partial charge in [0.1, 0.15) is 5.82 Å². The van der Waals surface area contributed by atoms with E-state index >= 15 is 0 Å². The number of anilines is 2. The van der Waals surface area contributed by atoms with Gasteiger partial charge < -0.3 is 10.2 Å². The second-order valence-electron chi connectivity index (χ2n) is 5.53. The van der Waals surface area contributed by atoms with Crippen molar-refractivity contribution >= 4 is 11.5 Å². The van der Waals surface area contributed by atoms with Gasteiger partial charge in [0.2, 0.25) is 0 Å². The van der Waals surface area contributed by atoms with Gasteiger partial charge in [-0.15, -0.1) is 0 Å². The summed E-state index contributed by atoms with van der Waals surface area (Å²) in [6.07, 6.45) is 1.89. The Balaban J connectivity index is 2.69. The number of hydrogen-bond donors (Lipinski definition) is 1. The van der Waals surface area contributed by atoms with Crippen LogP contribution in [0.15, 0.2) is 18.3 Å². The maximum Gasteiger partial charge on any atom is 0.126 e. The molecule has 1 unspecified atom stereocenters. The van der Waals surface area contributed by atoms with Crippen LogP contribution in [0.4, 0.5) is 11.5 Å². The second-order valence-corrected chi connectivity index (χ2v) is 5.53. The van der Waals surface area contributed by atoms with Gasteiger partial charge in [-0.3, -0.25) is 0 Å². The summed E-state index contributed by atoms with van der Waals surface area (Å²) in [5.41, 5.74) is 1.36. The molecule has 0 radical (unpaired) electrons. The minimum atomic E-state index is 0.238. The summed E-state index contributed by atoms with van der Waals surface area (Å²) in [5, 5.41) is 3.42. The minimum Gasteiger partial charge on any atom is -0.376 e. The molecule has 1 N–H and O–H groups in total. The van der Waals surface area contributed by atoms with E-state index in [0.717, 1.165) is 11.5 Å². The lowest BCUT2D eigenvalue weighted by molar-refractivity contribution is 0.359. The largest absolute Gasteiger partial charge is 0.376 e. The van der Waals surface area contributed by atoms with E-state index in [9.17, 15) is 0 Å². The van der Waals surface area contributed by atoms with Crippen LogP contribution in [0.5, 0.6) is 0 Å². The van der Waals surface area contributed by atoms with Crippen molar-refractivity contribution in [2.75, 3.05) is 24.3 Å². The zero-order chi connectivity index (χ0) is 12.3. The Bertz CT molecular complexity index is 322. The van der Waals surface area contributed by atoms with Gasteiger partial charge in [0.15, 0.2) is 0 Å². The van der Waals surface area contributed by atoms with Crippen molar-refractivity contribution in [2.45, 2.75) is 33.7 Å². The maximum absolute atomic E-state index is 4.40. The summed E-state index contributed by atoms with van der Waals surface area (Å²) in [4.78, 5) is 6.45. The fraction of sp³-hybridized carbons (Fsp3) is 0.615. The Morgan fingerprint density at radius 1 is 1.25 bits per heavy atom. The van der Waals surface area contributed by atoms with Crippen LogP contribution in [-0.2, 0) is 0 Å². The van der Waals surface area contributed by atoms with Gasteiger partial charge in [0.05, 0.1) is 11.9 Å². The van der Waals surface area contributed by atoms with Crippen molar-refractivity contribution in [3.05, 3.63) is 18.3 Å². The Labute approximate surface area is 98.9 Å². The van der Waals surface area contributed by atoms with Crippen molar-refractivity contribution in [2.24, 2.45) is 5.41 Å². The molecule has 90 valence electrons. The van der Waals surface area contributed by atoms with Gasteiger partial charge in [-0.2, -0.15) is 0 Å². The van der Waals surface area contributed by atoms with Gasteiger partial charge in [-0.1, -0.05) is 20.8 Å². The molecular formula is C13H23N3. The molecule has 0 aliphatic carbocycles. The van der Waals surface area contributed by atoms with E-state index in [0.29, 0.717) is 6.04 Å². The molecule has 1 heterocycles. The van der Waals surface area contributed by atoms with Crippen LogP contribution in [0.3, 0.4) is 0 Å². The predicted octanol–water partition coefficient (Wildman–Crippen LogP) is 2.99. The van der Waals surface area contributed by atoms with Gasteiger partial charge in [-0.05, 0) is 24.5 Å². The quantitative estimate of drug-likeness (QED) is 0.850. The standard InChI is InChI=1S/C13H23N3/c1-10(13(2,3)4)15-12-8-7-11(9-14-12)16(5)6/h7-10H,1-6H3,(H,14,15). The number of nitrogens with zero attached hydrogens (tertiary/aromatic N) is 2. The summed E-state index contributed by atoms with van der Waals surface area (Å²) in [5.74, 6) is 0.938. The molecule has 0 spiro atoms. The Morgan fingerprint density at radius 3 is 2.25 bits per heavy atom. The van der Waals surface area contributed by atoms with Crippen molar-refractivity contribution in [1.82, 2.24) is 4.98 Å². The summed E-state index contributed by atoms with van der Waals surface area (Å²) < 4.78 is 0. The van der Waals surface area contributed by atoms with Crippen LogP contribution in [0.1, 0.15) is 27.7 Å². The third-order valence-electron chi connectivity index (χ3n) is 2.93. The molecule has 0 aliphatic heterocycles. The zero-order valence-corrected chi connectivity index (χ0v) is 11.2. The molecule has 0 aromatic carbocycles. The monoisotopic (exact) mass is 221 g/mol. The molecular weight excluding hydrogens is 198 g/mol. The first-order valence-corrected chi connectivity index (χ1v) is 5.70. The summed E-state index contributed by atoms with van der Waals surface area (Å²) in [6.45, 7) is 8.85. The van der Waals surface area contributed by atoms with E-state index < -0.39 is 0 Å². The lowest BCUT2D eigenvalue weighted by Gasteiger charge is -2.28. The predicted molar refractivity (Wildman–Crippen MR) is 71.1 cm³/mol. The molecule has 0 bridgehead atoms. The Kier molecular flexibility index (Phi) is 3.79. The highest BCUT2D eigenvalue weighted by Gasteiger charge is 2.19. The third kappa shape index (κ3) is 3.40. The summed E-state index contributed by atoms with van der Waals surface area (Å²) in [7, 11) is 4.03. The van der Waals surface area contributed by atoms with E-state index in [1.165, 1.54) is 0 Å². The summed E-state index contributed by atoms with van der Waals surface area (Å²) >= 11 is 0. The fourth-order valence-electron chi connectivity index (χ4n) is 1.17. The van der Waals surface area contributed by atoms with Crippen molar-refractivity contribution in [1.29, 1.82) is 0 Å². The van der Waals surface area contributed by atoms with Crippen molar-refractivity contribution < 1.29 is 0 Å². The van der Waals surface area contributed by atoms with Crippen molar-refractivity contribution in [3.63, 3.8) is 0 Å². The highest BCUT2D eigenvalue weighted by atomic mass is 15.1. The van der Waals surface area contributed by atoms with Crippen LogP contribution >= 0.6 is 0 Å². The maximum atomic E-state index is 4.40. The van der Waals surface area contributed by atoms with Gasteiger partial charge in [0, 0.05) is 20.1 Å². The van der Waals surface area contributed by atoms with Gasteiger partial charge in [0.25, 0.3) is 0 Å². The topological polar surface area (TPSA) is 28.2 Å². The molecule has 3 heteroatoms. The van der Waals surface area contributed by atoms with E-state index in [-0.39, 0.29) is 5.41 Å². The number of hydrogen-bond acceptors (Lipinski definition) is 3. The van der Waals surface area contributed by atoms with Crippen LogP contribution in [0, 0.1) is 5.41 Å². The molecule has 1 aromatic heterocycles. The number of pyridine rings is 1. The Hall–Kier alpha value is -1.25. The van der Waals surface area contributed by atoms with Gasteiger partial charge in [-0.25, -0.2) is 4.98 Å². The molecule has 1 aromatic rings. The van der Waals surface area contributed by atoms with E-state index in [1.54, 1.807) is 0 Å². The SMILES string of the molecule is CC(Nc1ccc(N(C)C)cn1)C(C)(C)C. The summed E-state index contributed by atoms with van der Waals surface area (Å²) in [6, 6.07) is 4.49. The van der Waals surface area contributed by atoms with Crippen LogP contribution in [0.25, 0.3) is 0 Å². The van der Waals surface area contributed by atoms with E-state index in [4.69, 9.17) is 0 Å². The van der Waals surface area contributed by atoms with Crippen molar-refractivity contribution in [3.8, 4) is 0 Å². The molecule has 0 fully saturated rings. The first kappa shape index (κ1) is 12.8. The van der Waals surface area contributed by atoms with Crippen LogP contribution < -0.4 is 10.2 Å². The molecule has 3 nitrogen and oxygen atoms in total. The van der Waals surface area contributed by atoms with Crippen LogP contribution in [-0.4, -0.2) is 25.1 Å². The fourth-order valence-corrected chi connectivity index (χ4v) is 1.17.